The van der Waals surface area contributed by atoms with Crippen molar-refractivity contribution in [1.29, 1.82) is 0 Å². The van der Waals surface area contributed by atoms with Crippen LogP contribution in [-0.2, 0) is 13.5 Å². The minimum Gasteiger partial charge on any atom is -0.306 e. The van der Waals surface area contributed by atoms with E-state index in [-0.39, 0.29) is 5.91 Å². The van der Waals surface area contributed by atoms with Crippen LogP contribution in [0.15, 0.2) is 43.0 Å². The molecule has 0 atom stereocenters. The number of aryl methyl sites for hydroxylation is 1. The maximum atomic E-state index is 12.8. The molecule has 2 aromatic heterocycles. The third-order valence-electron chi connectivity index (χ3n) is 4.15. The van der Waals surface area contributed by atoms with E-state index in [2.05, 4.69) is 15.1 Å². The normalized spacial score (nSPS) is 13.9. The average molecular weight is 340 g/mol. The van der Waals surface area contributed by atoms with Gasteiger partial charge in [-0.2, -0.15) is 5.10 Å². The maximum absolute atomic E-state index is 12.8. The Hall–Kier alpha value is -2.73. The Morgan fingerprint density at radius 2 is 2.08 bits per heavy atom. The van der Waals surface area contributed by atoms with Gasteiger partial charge < -0.3 is 4.90 Å². The molecule has 24 heavy (non-hydrogen) atoms. The van der Waals surface area contributed by atoms with Crippen LogP contribution >= 0.6 is 11.6 Å². The summed E-state index contributed by atoms with van der Waals surface area (Å²) in [5, 5.41) is 4.73. The number of carbonyl (C=O) groups is 1. The van der Waals surface area contributed by atoms with E-state index < -0.39 is 0 Å². The molecule has 3 heterocycles. The van der Waals surface area contributed by atoms with Crippen molar-refractivity contribution in [3.8, 4) is 11.4 Å². The first-order valence-corrected chi connectivity index (χ1v) is 7.91. The van der Waals surface area contributed by atoms with Crippen molar-refractivity contribution < 1.29 is 4.79 Å². The van der Waals surface area contributed by atoms with Gasteiger partial charge in [-0.1, -0.05) is 11.6 Å². The van der Waals surface area contributed by atoms with Crippen molar-refractivity contribution in [1.82, 2.24) is 19.7 Å². The van der Waals surface area contributed by atoms with Crippen LogP contribution in [0.4, 0.5) is 5.69 Å². The average Bonchev–Trinajstić information content (AvgIpc) is 3.01. The molecule has 1 aromatic carbocycles. The summed E-state index contributed by atoms with van der Waals surface area (Å²) >= 11 is 6.02. The van der Waals surface area contributed by atoms with Crippen molar-refractivity contribution in [2.24, 2.45) is 7.05 Å². The van der Waals surface area contributed by atoms with E-state index in [0.29, 0.717) is 23.0 Å². The Morgan fingerprint density at radius 1 is 1.21 bits per heavy atom. The molecule has 0 saturated heterocycles. The summed E-state index contributed by atoms with van der Waals surface area (Å²) in [5.41, 5.74) is 3.25. The fourth-order valence-corrected chi connectivity index (χ4v) is 3.15. The molecule has 0 spiro atoms. The van der Waals surface area contributed by atoms with Crippen LogP contribution in [-0.4, -0.2) is 32.2 Å². The molecule has 0 unspecified atom stereocenters. The van der Waals surface area contributed by atoms with Crippen molar-refractivity contribution in [3.05, 3.63) is 59.1 Å². The highest BCUT2D eigenvalue weighted by Crippen LogP contribution is 2.28. The molecule has 0 N–H and O–H groups in total. The number of pyridine rings is 1. The van der Waals surface area contributed by atoms with E-state index in [4.69, 9.17) is 11.6 Å². The van der Waals surface area contributed by atoms with E-state index >= 15 is 0 Å². The molecular formula is C17H14ClN5O. The summed E-state index contributed by atoms with van der Waals surface area (Å²) in [7, 11) is 1.82. The van der Waals surface area contributed by atoms with Crippen LogP contribution in [0, 0.1) is 0 Å². The van der Waals surface area contributed by atoms with Crippen LogP contribution in [0.2, 0.25) is 5.02 Å². The summed E-state index contributed by atoms with van der Waals surface area (Å²) in [4.78, 5) is 23.1. The van der Waals surface area contributed by atoms with Crippen LogP contribution in [0.3, 0.4) is 0 Å². The van der Waals surface area contributed by atoms with Gasteiger partial charge in [0, 0.05) is 35.9 Å². The highest BCUT2D eigenvalue weighted by molar-refractivity contribution is 6.30. The number of hydrogen-bond acceptors (Lipinski definition) is 4. The maximum Gasteiger partial charge on any atom is 0.258 e. The van der Waals surface area contributed by atoms with E-state index in [1.54, 1.807) is 34.1 Å². The Bertz CT molecular complexity index is 936. The topological polar surface area (TPSA) is 63.9 Å². The lowest BCUT2D eigenvalue weighted by atomic mass is 9.98. The van der Waals surface area contributed by atoms with Gasteiger partial charge in [0.15, 0.2) is 5.82 Å². The van der Waals surface area contributed by atoms with Crippen molar-refractivity contribution >= 4 is 23.2 Å². The Balaban J connectivity index is 1.71. The Kier molecular flexibility index (Phi) is 3.54. The van der Waals surface area contributed by atoms with Gasteiger partial charge in [-0.3, -0.25) is 9.78 Å². The SMILES string of the molecule is Cn1ncnc1-c1cncc(N2CCc3cc(Cl)ccc3C2=O)c1. The number of carbonyl (C=O) groups excluding carboxylic acids is 1. The van der Waals surface area contributed by atoms with Crippen molar-refractivity contribution in [3.63, 3.8) is 0 Å². The second-order valence-corrected chi connectivity index (χ2v) is 6.08. The number of aromatic nitrogens is 4. The first-order valence-electron chi connectivity index (χ1n) is 7.53. The second kappa shape index (κ2) is 5.72. The van der Waals surface area contributed by atoms with Gasteiger partial charge in [-0.15, -0.1) is 0 Å². The first-order chi connectivity index (χ1) is 11.6. The molecule has 1 aliphatic heterocycles. The van der Waals surface area contributed by atoms with E-state index in [1.807, 2.05) is 19.2 Å². The molecule has 7 heteroatoms. The Morgan fingerprint density at radius 3 is 2.88 bits per heavy atom. The summed E-state index contributed by atoms with van der Waals surface area (Å²) in [6.07, 6.45) is 5.66. The number of rotatable bonds is 2. The lowest BCUT2D eigenvalue weighted by molar-refractivity contribution is 0.0980. The minimum absolute atomic E-state index is 0.0372. The third-order valence-corrected chi connectivity index (χ3v) is 4.39. The number of hydrogen-bond donors (Lipinski definition) is 0. The highest BCUT2D eigenvalue weighted by atomic mass is 35.5. The van der Waals surface area contributed by atoms with E-state index in [0.717, 1.165) is 23.2 Å². The zero-order chi connectivity index (χ0) is 16.7. The fourth-order valence-electron chi connectivity index (χ4n) is 2.96. The number of nitrogens with zero attached hydrogens (tertiary/aromatic N) is 5. The molecule has 3 aromatic rings. The molecule has 0 bridgehead atoms. The summed E-state index contributed by atoms with van der Waals surface area (Å²) in [6, 6.07) is 7.30. The van der Waals surface area contributed by atoms with Gasteiger partial charge in [0.25, 0.3) is 5.91 Å². The molecule has 0 saturated carbocycles. The summed E-state index contributed by atoms with van der Waals surface area (Å²) in [5.74, 6) is 0.672. The first kappa shape index (κ1) is 14.8. The van der Waals surface area contributed by atoms with Crippen LogP contribution in [0.5, 0.6) is 0 Å². The van der Waals surface area contributed by atoms with Crippen LogP contribution < -0.4 is 4.90 Å². The van der Waals surface area contributed by atoms with Gasteiger partial charge >= 0.3 is 0 Å². The molecule has 0 fully saturated rings. The van der Waals surface area contributed by atoms with Gasteiger partial charge in [0.2, 0.25) is 0 Å². The third kappa shape index (κ3) is 2.45. The predicted octanol–water partition coefficient (Wildman–Crippen LogP) is 2.73. The van der Waals surface area contributed by atoms with Crippen LogP contribution in [0.25, 0.3) is 11.4 Å². The second-order valence-electron chi connectivity index (χ2n) is 5.65. The number of anilines is 1. The molecule has 0 radical (unpaired) electrons. The lowest BCUT2D eigenvalue weighted by Gasteiger charge is -2.28. The van der Waals surface area contributed by atoms with Crippen molar-refractivity contribution in [2.45, 2.75) is 6.42 Å². The summed E-state index contributed by atoms with van der Waals surface area (Å²) in [6.45, 7) is 0.593. The minimum atomic E-state index is -0.0372. The lowest BCUT2D eigenvalue weighted by Crippen LogP contribution is -2.37. The zero-order valence-corrected chi connectivity index (χ0v) is 13.7. The molecular weight excluding hydrogens is 326 g/mol. The zero-order valence-electron chi connectivity index (χ0n) is 13.0. The van der Waals surface area contributed by atoms with E-state index in [9.17, 15) is 4.79 Å². The molecule has 1 aliphatic rings. The van der Waals surface area contributed by atoms with E-state index in [1.165, 1.54) is 6.33 Å². The largest absolute Gasteiger partial charge is 0.306 e. The Labute approximate surface area is 143 Å². The molecule has 120 valence electrons. The number of halogens is 1. The molecule has 4 rings (SSSR count). The van der Waals surface area contributed by atoms with Gasteiger partial charge in [-0.25, -0.2) is 9.67 Å². The quantitative estimate of drug-likeness (QED) is 0.720. The van der Waals surface area contributed by atoms with Gasteiger partial charge in [-0.05, 0) is 36.2 Å². The molecule has 1 amide bonds. The standard InChI is InChI=1S/C17H14ClN5O/c1-22-16(20-10-21-22)12-7-14(9-19-8-12)23-5-4-11-6-13(18)2-3-15(11)17(23)24/h2-3,6-10H,4-5H2,1H3. The summed E-state index contributed by atoms with van der Waals surface area (Å²) < 4.78 is 1.68. The fraction of sp³-hybridized carbons (Fsp3) is 0.176. The monoisotopic (exact) mass is 339 g/mol. The highest BCUT2D eigenvalue weighted by Gasteiger charge is 2.26. The van der Waals surface area contributed by atoms with Gasteiger partial charge in [0.05, 0.1) is 11.9 Å². The number of benzene rings is 1. The smallest absolute Gasteiger partial charge is 0.258 e. The van der Waals surface area contributed by atoms with Crippen molar-refractivity contribution in [2.75, 3.05) is 11.4 Å². The molecule has 6 nitrogen and oxygen atoms in total. The van der Waals surface area contributed by atoms with Gasteiger partial charge in [0.1, 0.15) is 6.33 Å². The molecule has 0 aliphatic carbocycles. The predicted molar refractivity (Wildman–Crippen MR) is 91.1 cm³/mol. The number of amides is 1. The number of fused-ring (bicyclic) bond motifs is 1. The van der Waals surface area contributed by atoms with Crippen LogP contribution in [0.1, 0.15) is 15.9 Å².